The third kappa shape index (κ3) is 5.61. The van der Waals surface area contributed by atoms with Gasteiger partial charge in [0.1, 0.15) is 5.04 Å². The molecule has 188 valence electrons. The average Bonchev–Trinajstić information content (AvgIpc) is 3.34. The Hall–Kier alpha value is -4.42. The number of aromatic nitrogens is 2. The number of nitrogens with zero attached hydrogens (tertiary/aromatic N) is 3. The van der Waals surface area contributed by atoms with Crippen molar-refractivity contribution < 1.29 is 9.53 Å². The van der Waals surface area contributed by atoms with E-state index in [-0.39, 0.29) is 12.6 Å². The predicted octanol–water partition coefficient (Wildman–Crippen LogP) is 7.90. The smallest absolute Gasteiger partial charge is 0.340 e. The van der Waals surface area contributed by atoms with Crippen LogP contribution in [0.1, 0.15) is 28.4 Å². The highest BCUT2D eigenvalue weighted by Gasteiger charge is 2.26. The van der Waals surface area contributed by atoms with Crippen LogP contribution in [0.4, 0.5) is 5.69 Å². The molecule has 0 atom stereocenters. The van der Waals surface area contributed by atoms with E-state index in [2.05, 4.69) is 24.0 Å². The summed E-state index contributed by atoms with van der Waals surface area (Å²) in [4.78, 5) is 22.9. The molecule has 0 saturated heterocycles. The van der Waals surface area contributed by atoms with Gasteiger partial charge in [-0.25, -0.2) is 9.79 Å². The number of benzene rings is 3. The van der Waals surface area contributed by atoms with Gasteiger partial charge in [0.25, 0.3) is 0 Å². The third-order valence-electron chi connectivity index (χ3n) is 5.89. The molecule has 0 unspecified atom stereocenters. The molecule has 0 saturated carbocycles. The minimum absolute atomic E-state index is 0.281. The molecule has 0 N–H and O–H groups in total. The summed E-state index contributed by atoms with van der Waals surface area (Å²) in [5, 5.41) is 1.63. The van der Waals surface area contributed by atoms with Crippen LogP contribution in [0.15, 0.2) is 126 Å². The Labute approximate surface area is 226 Å². The second-order valence-electron chi connectivity index (χ2n) is 8.58. The van der Waals surface area contributed by atoms with E-state index < -0.39 is 0 Å². The molecule has 0 fully saturated rings. The molecule has 0 spiro atoms. The largest absolute Gasteiger partial charge is 0.462 e. The van der Waals surface area contributed by atoms with Gasteiger partial charge in [0.15, 0.2) is 0 Å². The van der Waals surface area contributed by atoms with Gasteiger partial charge in [-0.1, -0.05) is 84.1 Å². The Morgan fingerprint density at radius 1 is 0.895 bits per heavy atom. The number of para-hydroxylation sites is 1. The molecule has 38 heavy (non-hydrogen) atoms. The number of aliphatic imine (C=N–C) groups is 1. The minimum atomic E-state index is -0.388. The lowest BCUT2D eigenvalue weighted by molar-refractivity contribution is 0.0527. The van der Waals surface area contributed by atoms with Gasteiger partial charge in [-0.05, 0) is 50.2 Å². The van der Waals surface area contributed by atoms with E-state index >= 15 is 0 Å². The monoisotopic (exact) mass is 517 g/mol. The van der Waals surface area contributed by atoms with Crippen LogP contribution < -0.4 is 0 Å². The van der Waals surface area contributed by atoms with E-state index in [9.17, 15) is 4.79 Å². The van der Waals surface area contributed by atoms with Gasteiger partial charge in [0, 0.05) is 29.2 Å². The number of ether oxygens (including phenoxy) is 1. The number of thioether (sulfide) groups is 1. The molecule has 2 heterocycles. The first-order valence-corrected chi connectivity index (χ1v) is 13.2. The summed E-state index contributed by atoms with van der Waals surface area (Å²) in [5.74, 6) is -0.388. The van der Waals surface area contributed by atoms with E-state index in [1.807, 2.05) is 109 Å². The third-order valence-corrected chi connectivity index (χ3v) is 7.00. The fourth-order valence-electron chi connectivity index (χ4n) is 4.05. The zero-order chi connectivity index (χ0) is 26.3. The van der Waals surface area contributed by atoms with Crippen LogP contribution >= 0.6 is 11.8 Å². The maximum absolute atomic E-state index is 13.2. The van der Waals surface area contributed by atoms with Crippen molar-refractivity contribution in [2.75, 3.05) is 6.61 Å². The maximum Gasteiger partial charge on any atom is 0.340 e. The summed E-state index contributed by atoms with van der Waals surface area (Å²) < 4.78 is 7.49. The van der Waals surface area contributed by atoms with Crippen LogP contribution in [-0.4, -0.2) is 27.2 Å². The van der Waals surface area contributed by atoms with Gasteiger partial charge in [0.2, 0.25) is 0 Å². The molecule has 2 aromatic heterocycles. The topological polar surface area (TPSA) is 56.5 Å². The van der Waals surface area contributed by atoms with Gasteiger partial charge in [0.05, 0.1) is 28.6 Å². The van der Waals surface area contributed by atoms with Crippen molar-refractivity contribution in [3.63, 3.8) is 0 Å². The van der Waals surface area contributed by atoms with Gasteiger partial charge in [-0.15, -0.1) is 0 Å². The Kier molecular flexibility index (Phi) is 7.81. The SMILES string of the molecule is CCOC(=O)c1cn(-c2ccccc2)c(SC(=Nc2ccc(C)cc2)c2ccccc2)c1-c1ccccn1. The fourth-order valence-corrected chi connectivity index (χ4v) is 5.21. The predicted molar refractivity (Wildman–Crippen MR) is 155 cm³/mol. The van der Waals surface area contributed by atoms with Crippen molar-refractivity contribution in [3.05, 3.63) is 132 Å². The number of carbonyl (C=O) groups is 1. The van der Waals surface area contributed by atoms with Crippen LogP contribution in [0.2, 0.25) is 0 Å². The second kappa shape index (κ2) is 11.8. The van der Waals surface area contributed by atoms with Crippen molar-refractivity contribution in [2.24, 2.45) is 4.99 Å². The summed E-state index contributed by atoms with van der Waals surface area (Å²) in [6, 6.07) is 33.9. The highest BCUT2D eigenvalue weighted by Crippen LogP contribution is 2.40. The van der Waals surface area contributed by atoms with Gasteiger partial charge in [-0.2, -0.15) is 0 Å². The van der Waals surface area contributed by atoms with E-state index in [1.165, 1.54) is 17.3 Å². The Morgan fingerprint density at radius 3 is 2.24 bits per heavy atom. The normalized spacial score (nSPS) is 11.4. The van der Waals surface area contributed by atoms with Crippen LogP contribution in [0, 0.1) is 6.92 Å². The fraction of sp³-hybridized carbons (Fsp3) is 0.0938. The molecule has 0 aliphatic rings. The molecule has 5 rings (SSSR count). The van der Waals surface area contributed by atoms with Crippen LogP contribution in [0.25, 0.3) is 16.9 Å². The molecule has 0 aliphatic heterocycles. The first kappa shape index (κ1) is 25.2. The summed E-state index contributed by atoms with van der Waals surface area (Å²) in [5.41, 5.74) is 5.78. The number of hydrogen-bond acceptors (Lipinski definition) is 5. The highest BCUT2D eigenvalue weighted by molar-refractivity contribution is 8.14. The van der Waals surface area contributed by atoms with Gasteiger partial charge >= 0.3 is 5.97 Å². The zero-order valence-corrected chi connectivity index (χ0v) is 22.1. The number of hydrogen-bond donors (Lipinski definition) is 0. The lowest BCUT2D eigenvalue weighted by atomic mass is 10.1. The lowest BCUT2D eigenvalue weighted by Crippen LogP contribution is -2.05. The molecule has 0 bridgehead atoms. The molecule has 0 aliphatic carbocycles. The highest BCUT2D eigenvalue weighted by atomic mass is 32.2. The van der Waals surface area contributed by atoms with E-state index in [4.69, 9.17) is 9.73 Å². The van der Waals surface area contributed by atoms with Crippen molar-refractivity contribution in [1.82, 2.24) is 9.55 Å². The number of aryl methyl sites for hydroxylation is 1. The van der Waals surface area contributed by atoms with Crippen molar-refractivity contribution in [2.45, 2.75) is 18.9 Å². The zero-order valence-electron chi connectivity index (χ0n) is 21.2. The van der Waals surface area contributed by atoms with Crippen molar-refractivity contribution >= 4 is 28.5 Å². The van der Waals surface area contributed by atoms with Crippen LogP contribution in [0.3, 0.4) is 0 Å². The standard InChI is InChI=1S/C32H27N3O2S/c1-3-37-32(36)27-22-35(26-14-8-5-9-15-26)31(29(27)28-16-10-11-21-33-28)38-30(24-12-6-4-7-13-24)34-25-19-17-23(2)18-20-25/h4-22H,3H2,1-2H3. The number of esters is 1. The Balaban J connectivity index is 1.75. The Bertz CT molecular complexity index is 1550. The molecular weight excluding hydrogens is 490 g/mol. The molecule has 5 aromatic rings. The molecular formula is C32H27N3O2S. The van der Waals surface area contributed by atoms with Gasteiger partial charge in [-0.3, -0.25) is 4.98 Å². The first-order valence-electron chi connectivity index (χ1n) is 12.4. The number of pyridine rings is 1. The summed E-state index contributed by atoms with van der Waals surface area (Å²) in [7, 11) is 0. The summed E-state index contributed by atoms with van der Waals surface area (Å²) >= 11 is 1.51. The summed E-state index contributed by atoms with van der Waals surface area (Å²) in [6.45, 7) is 4.15. The lowest BCUT2D eigenvalue weighted by Gasteiger charge is -2.13. The molecule has 3 aromatic carbocycles. The van der Waals surface area contributed by atoms with Crippen molar-refractivity contribution in [1.29, 1.82) is 0 Å². The quantitative estimate of drug-likeness (QED) is 0.0953. The second-order valence-corrected chi connectivity index (χ2v) is 9.56. The van der Waals surface area contributed by atoms with Crippen LogP contribution in [-0.2, 0) is 4.74 Å². The van der Waals surface area contributed by atoms with Crippen LogP contribution in [0.5, 0.6) is 0 Å². The molecule has 0 radical (unpaired) electrons. The summed E-state index contributed by atoms with van der Waals surface area (Å²) in [6.07, 6.45) is 3.57. The molecule has 6 heteroatoms. The van der Waals surface area contributed by atoms with E-state index in [1.54, 1.807) is 6.20 Å². The minimum Gasteiger partial charge on any atom is -0.462 e. The Morgan fingerprint density at radius 2 is 1.58 bits per heavy atom. The average molecular weight is 518 g/mol. The number of rotatable bonds is 7. The van der Waals surface area contributed by atoms with Crippen molar-refractivity contribution in [3.8, 4) is 16.9 Å². The number of carbonyl (C=O) groups excluding carboxylic acids is 1. The van der Waals surface area contributed by atoms with E-state index in [0.29, 0.717) is 16.8 Å². The first-order chi connectivity index (χ1) is 18.6. The molecule has 5 nitrogen and oxygen atoms in total. The maximum atomic E-state index is 13.2. The van der Waals surface area contributed by atoms with Gasteiger partial charge < -0.3 is 9.30 Å². The molecule has 0 amide bonds. The van der Waals surface area contributed by atoms with E-state index in [0.717, 1.165) is 27.0 Å².